The fourth-order valence-electron chi connectivity index (χ4n) is 5.16. The predicted molar refractivity (Wildman–Crippen MR) is 159 cm³/mol. The number of halogens is 2. The highest BCUT2D eigenvalue weighted by atomic mass is 35.5. The van der Waals surface area contributed by atoms with Crippen molar-refractivity contribution in [3.63, 3.8) is 0 Å². The number of aromatic nitrogens is 3. The Morgan fingerprint density at radius 2 is 1.84 bits per heavy atom. The topological polar surface area (TPSA) is 43.5 Å². The van der Waals surface area contributed by atoms with Crippen LogP contribution < -0.4 is 10.1 Å². The Morgan fingerprint density at radius 1 is 1.00 bits per heavy atom. The van der Waals surface area contributed by atoms with Crippen molar-refractivity contribution in [2.75, 3.05) is 5.32 Å². The Balaban J connectivity index is 1.52. The molecule has 0 spiro atoms. The SMILES string of the molecule is Cc1cccc(NC(=S)c2c(-c3ccc(Cl)c(Cl)c3)c3c4n(c(COc5ccccc5)nn24)CCCC3)c1. The van der Waals surface area contributed by atoms with Gasteiger partial charge in [-0.05, 0) is 73.7 Å². The van der Waals surface area contributed by atoms with Crippen LogP contribution in [0.1, 0.15) is 35.5 Å². The number of nitrogens with zero attached hydrogens (tertiary/aromatic N) is 3. The Hall–Kier alpha value is -3.32. The monoisotopic (exact) mass is 560 g/mol. The van der Waals surface area contributed by atoms with E-state index in [9.17, 15) is 0 Å². The summed E-state index contributed by atoms with van der Waals surface area (Å²) < 4.78 is 10.4. The van der Waals surface area contributed by atoms with E-state index in [1.165, 1.54) is 5.56 Å². The lowest BCUT2D eigenvalue weighted by atomic mass is 9.98. The Labute approximate surface area is 237 Å². The first-order valence-electron chi connectivity index (χ1n) is 12.6. The second kappa shape index (κ2) is 10.4. The number of nitrogens with one attached hydrogen (secondary N) is 1. The molecule has 1 aliphatic heterocycles. The van der Waals surface area contributed by atoms with Crippen LogP contribution >= 0.6 is 35.4 Å². The second-order valence-electron chi connectivity index (χ2n) is 9.52. The molecule has 8 heteroatoms. The number of aryl methyl sites for hydroxylation is 3. The van der Waals surface area contributed by atoms with E-state index in [-0.39, 0.29) is 0 Å². The van der Waals surface area contributed by atoms with Crippen LogP contribution in [-0.2, 0) is 19.6 Å². The van der Waals surface area contributed by atoms with Gasteiger partial charge in [0.05, 0.1) is 10.0 Å². The molecular formula is C30H26Cl2N4OS. The molecule has 0 saturated heterocycles. The van der Waals surface area contributed by atoms with E-state index >= 15 is 0 Å². The van der Waals surface area contributed by atoms with E-state index in [1.54, 1.807) is 0 Å². The summed E-state index contributed by atoms with van der Waals surface area (Å²) in [4.78, 5) is 0.596. The van der Waals surface area contributed by atoms with Gasteiger partial charge in [-0.25, -0.2) is 4.52 Å². The molecule has 1 aliphatic rings. The summed E-state index contributed by atoms with van der Waals surface area (Å²) in [6, 6.07) is 23.8. The number of hydrogen-bond donors (Lipinski definition) is 1. The summed E-state index contributed by atoms with van der Waals surface area (Å²) in [5, 5.41) is 9.57. The molecule has 192 valence electrons. The number of benzene rings is 3. The molecule has 6 rings (SSSR count). The normalized spacial score (nSPS) is 12.9. The molecule has 0 fully saturated rings. The van der Waals surface area contributed by atoms with Gasteiger partial charge in [0.2, 0.25) is 0 Å². The molecule has 5 nitrogen and oxygen atoms in total. The lowest BCUT2D eigenvalue weighted by Gasteiger charge is -2.13. The van der Waals surface area contributed by atoms with Gasteiger partial charge < -0.3 is 14.6 Å². The number of anilines is 1. The third kappa shape index (κ3) is 4.68. The van der Waals surface area contributed by atoms with Crippen LogP contribution in [0.25, 0.3) is 16.8 Å². The lowest BCUT2D eigenvalue weighted by molar-refractivity contribution is 0.288. The molecule has 0 aliphatic carbocycles. The van der Waals surface area contributed by atoms with Crippen molar-refractivity contribution in [3.8, 4) is 16.9 Å². The first-order chi connectivity index (χ1) is 18.5. The summed E-state index contributed by atoms with van der Waals surface area (Å²) in [5.41, 5.74) is 7.21. The van der Waals surface area contributed by atoms with Crippen molar-refractivity contribution in [1.82, 2.24) is 14.2 Å². The first kappa shape index (κ1) is 25.0. The summed E-state index contributed by atoms with van der Waals surface area (Å²) >= 11 is 18.8. The van der Waals surface area contributed by atoms with Gasteiger partial charge in [-0.15, -0.1) is 5.10 Å². The standard InChI is InChI=1S/C30H26Cl2N4OS/c1-19-8-7-9-21(16-19)33-29(38)28-27(20-13-14-24(31)25(32)17-20)23-12-5-6-15-35-26(34-36(28)30(23)35)18-37-22-10-3-2-4-11-22/h2-4,7-11,13-14,16-17H,5-6,12,15,18H2,1H3,(H,33,38). The second-order valence-corrected chi connectivity index (χ2v) is 10.7. The quantitative estimate of drug-likeness (QED) is 0.213. The number of ether oxygens (including phenoxy) is 1. The summed E-state index contributed by atoms with van der Waals surface area (Å²) in [5.74, 6) is 1.68. The molecule has 2 aromatic heterocycles. The minimum Gasteiger partial charge on any atom is -0.486 e. The maximum Gasteiger partial charge on any atom is 0.169 e. The highest BCUT2D eigenvalue weighted by molar-refractivity contribution is 7.81. The molecule has 5 aromatic rings. The van der Waals surface area contributed by atoms with E-state index in [1.807, 2.05) is 65.2 Å². The molecule has 3 aromatic carbocycles. The van der Waals surface area contributed by atoms with Gasteiger partial charge in [-0.1, -0.05) is 71.8 Å². The number of thiocarbonyl (C=S) groups is 1. The number of hydrogen-bond acceptors (Lipinski definition) is 3. The molecule has 0 bridgehead atoms. The molecule has 3 heterocycles. The van der Waals surface area contributed by atoms with Crippen LogP contribution in [0.15, 0.2) is 72.8 Å². The van der Waals surface area contributed by atoms with Crippen molar-refractivity contribution in [3.05, 3.63) is 105 Å². The Morgan fingerprint density at radius 3 is 2.63 bits per heavy atom. The Bertz CT molecular complexity index is 1660. The first-order valence-corrected chi connectivity index (χ1v) is 13.8. The summed E-state index contributed by atoms with van der Waals surface area (Å²) in [6.45, 7) is 3.30. The molecule has 0 atom stereocenters. The zero-order valence-corrected chi connectivity index (χ0v) is 23.2. The summed E-state index contributed by atoms with van der Waals surface area (Å²) in [6.07, 6.45) is 3.03. The molecule has 0 saturated carbocycles. The van der Waals surface area contributed by atoms with Gasteiger partial charge in [-0.2, -0.15) is 0 Å². The highest BCUT2D eigenvalue weighted by Gasteiger charge is 2.29. The van der Waals surface area contributed by atoms with Crippen LogP contribution in [0, 0.1) is 6.92 Å². The molecule has 38 heavy (non-hydrogen) atoms. The number of rotatable bonds is 6. The smallest absolute Gasteiger partial charge is 0.169 e. The number of para-hydroxylation sites is 1. The fraction of sp³-hybridized carbons (Fsp3) is 0.200. The third-order valence-electron chi connectivity index (χ3n) is 6.87. The highest BCUT2D eigenvalue weighted by Crippen LogP contribution is 2.39. The fourth-order valence-corrected chi connectivity index (χ4v) is 5.77. The van der Waals surface area contributed by atoms with Crippen LogP contribution in [0.4, 0.5) is 5.69 Å². The van der Waals surface area contributed by atoms with E-state index in [0.717, 1.165) is 71.1 Å². The van der Waals surface area contributed by atoms with Gasteiger partial charge in [0.1, 0.15) is 28.7 Å². The van der Waals surface area contributed by atoms with Gasteiger partial charge >= 0.3 is 0 Å². The van der Waals surface area contributed by atoms with E-state index in [0.29, 0.717) is 21.6 Å². The lowest BCUT2D eigenvalue weighted by Crippen LogP contribution is -2.15. The van der Waals surface area contributed by atoms with Gasteiger partial charge in [-0.3, -0.25) is 0 Å². The van der Waals surface area contributed by atoms with Gasteiger partial charge in [0, 0.05) is 23.4 Å². The third-order valence-corrected chi connectivity index (χ3v) is 7.91. The van der Waals surface area contributed by atoms with Crippen LogP contribution in [0.2, 0.25) is 10.0 Å². The van der Waals surface area contributed by atoms with Gasteiger partial charge in [0.25, 0.3) is 0 Å². The average Bonchev–Trinajstić information content (AvgIpc) is 3.31. The minimum atomic E-state index is 0.366. The molecule has 0 radical (unpaired) electrons. The van der Waals surface area contributed by atoms with Crippen molar-refractivity contribution in [2.45, 2.75) is 39.3 Å². The minimum absolute atomic E-state index is 0.366. The van der Waals surface area contributed by atoms with Crippen molar-refractivity contribution in [1.29, 1.82) is 0 Å². The largest absolute Gasteiger partial charge is 0.486 e. The Kier molecular flexibility index (Phi) is 6.87. The molecule has 0 unspecified atom stereocenters. The zero-order valence-electron chi connectivity index (χ0n) is 20.9. The van der Waals surface area contributed by atoms with Crippen molar-refractivity contribution < 1.29 is 4.74 Å². The molecular weight excluding hydrogens is 535 g/mol. The van der Waals surface area contributed by atoms with Crippen molar-refractivity contribution >= 4 is 51.7 Å². The van der Waals surface area contributed by atoms with Crippen LogP contribution in [0.5, 0.6) is 5.75 Å². The van der Waals surface area contributed by atoms with Crippen LogP contribution in [-0.4, -0.2) is 19.2 Å². The predicted octanol–water partition coefficient (Wildman–Crippen LogP) is 8.12. The maximum atomic E-state index is 6.49. The summed E-state index contributed by atoms with van der Waals surface area (Å²) in [7, 11) is 0. The van der Waals surface area contributed by atoms with Crippen molar-refractivity contribution in [2.24, 2.45) is 0 Å². The van der Waals surface area contributed by atoms with E-state index in [2.05, 4.69) is 28.9 Å². The zero-order chi connectivity index (χ0) is 26.2. The van der Waals surface area contributed by atoms with Crippen LogP contribution in [0.3, 0.4) is 0 Å². The van der Waals surface area contributed by atoms with Gasteiger partial charge in [0.15, 0.2) is 5.82 Å². The molecule has 0 amide bonds. The maximum absolute atomic E-state index is 6.49. The van der Waals surface area contributed by atoms with E-state index in [4.69, 9.17) is 45.3 Å². The average molecular weight is 562 g/mol. The molecule has 1 N–H and O–H groups in total. The van der Waals surface area contributed by atoms with E-state index < -0.39 is 0 Å².